The van der Waals surface area contributed by atoms with E-state index in [-0.39, 0.29) is 18.0 Å². The van der Waals surface area contributed by atoms with Gasteiger partial charge in [-0.3, -0.25) is 4.79 Å². The van der Waals surface area contributed by atoms with E-state index in [0.29, 0.717) is 0 Å². The largest absolute Gasteiger partial charge is 0.462 e. The quantitative estimate of drug-likeness (QED) is 0.505. The van der Waals surface area contributed by atoms with Crippen molar-refractivity contribution in [1.82, 2.24) is 0 Å². The predicted molar refractivity (Wildman–Crippen MR) is 44.5 cm³/mol. The van der Waals surface area contributed by atoms with Gasteiger partial charge < -0.3 is 9.84 Å². The lowest BCUT2D eigenvalue weighted by atomic mass is 9.78. The summed E-state index contributed by atoms with van der Waals surface area (Å²) in [5, 5.41) is 9.35. The maximum absolute atomic E-state index is 10.6. The minimum absolute atomic E-state index is 0.0615. The van der Waals surface area contributed by atoms with Crippen molar-refractivity contribution in [2.24, 2.45) is 5.92 Å². The Hall–Kier alpha value is -0.830. The molecule has 0 heterocycles. The Bertz CT molecular complexity index is 188. The van der Waals surface area contributed by atoms with Crippen LogP contribution in [0.3, 0.4) is 0 Å². The van der Waals surface area contributed by atoms with E-state index in [1.165, 1.54) is 13.0 Å². The Morgan fingerprint density at radius 3 is 2.75 bits per heavy atom. The molecular weight excluding hydrogens is 156 g/mol. The van der Waals surface area contributed by atoms with Crippen molar-refractivity contribution in [1.29, 1.82) is 0 Å². The van der Waals surface area contributed by atoms with E-state index in [4.69, 9.17) is 4.74 Å². The summed E-state index contributed by atoms with van der Waals surface area (Å²) >= 11 is 0. The standard InChI is InChI=1S/C9H14O3/c1-3-8(11)7-4-5-9(7)12-6(2)10/h3,7-9,11H,1,4-5H2,2H3/t7-,8?,9-/m1/s1. The number of esters is 1. The molecule has 0 aliphatic heterocycles. The smallest absolute Gasteiger partial charge is 0.302 e. The van der Waals surface area contributed by atoms with E-state index < -0.39 is 6.10 Å². The van der Waals surface area contributed by atoms with E-state index in [0.717, 1.165) is 12.8 Å². The number of rotatable bonds is 3. The second-order valence-corrected chi connectivity index (χ2v) is 3.12. The van der Waals surface area contributed by atoms with Crippen molar-refractivity contribution < 1.29 is 14.6 Å². The van der Waals surface area contributed by atoms with Crippen LogP contribution in [0.5, 0.6) is 0 Å². The molecular formula is C9H14O3. The first kappa shape index (κ1) is 9.26. The Morgan fingerprint density at radius 2 is 2.42 bits per heavy atom. The summed E-state index contributed by atoms with van der Waals surface area (Å²) in [6.45, 7) is 4.87. The Morgan fingerprint density at radius 1 is 1.75 bits per heavy atom. The fourth-order valence-corrected chi connectivity index (χ4v) is 1.42. The number of hydrogen-bond donors (Lipinski definition) is 1. The van der Waals surface area contributed by atoms with E-state index >= 15 is 0 Å². The fraction of sp³-hybridized carbons (Fsp3) is 0.667. The van der Waals surface area contributed by atoms with Gasteiger partial charge in [0.1, 0.15) is 6.10 Å². The van der Waals surface area contributed by atoms with Gasteiger partial charge in [0, 0.05) is 12.8 Å². The molecule has 0 spiro atoms. The van der Waals surface area contributed by atoms with Gasteiger partial charge in [0.2, 0.25) is 0 Å². The van der Waals surface area contributed by atoms with Crippen LogP contribution in [-0.4, -0.2) is 23.3 Å². The second kappa shape index (κ2) is 3.72. The molecule has 0 bridgehead atoms. The maximum Gasteiger partial charge on any atom is 0.302 e. The third kappa shape index (κ3) is 1.85. The van der Waals surface area contributed by atoms with Crippen LogP contribution in [0.25, 0.3) is 0 Å². The molecule has 1 rings (SSSR count). The lowest BCUT2D eigenvalue weighted by Crippen LogP contribution is -2.42. The molecule has 0 aromatic rings. The minimum atomic E-state index is -0.539. The van der Waals surface area contributed by atoms with Crippen LogP contribution in [0.2, 0.25) is 0 Å². The predicted octanol–water partition coefficient (Wildman–Crippen LogP) is 0.875. The highest BCUT2D eigenvalue weighted by Crippen LogP contribution is 2.33. The number of carbonyl (C=O) groups excluding carboxylic acids is 1. The highest BCUT2D eigenvalue weighted by atomic mass is 16.5. The van der Waals surface area contributed by atoms with Crippen molar-refractivity contribution in [2.75, 3.05) is 0 Å². The second-order valence-electron chi connectivity index (χ2n) is 3.12. The number of aliphatic hydroxyl groups excluding tert-OH is 1. The van der Waals surface area contributed by atoms with Crippen LogP contribution in [0.15, 0.2) is 12.7 Å². The van der Waals surface area contributed by atoms with E-state index in [1.807, 2.05) is 0 Å². The van der Waals surface area contributed by atoms with E-state index in [1.54, 1.807) is 0 Å². The first-order valence-corrected chi connectivity index (χ1v) is 4.13. The minimum Gasteiger partial charge on any atom is -0.462 e. The lowest BCUT2D eigenvalue weighted by Gasteiger charge is -2.37. The van der Waals surface area contributed by atoms with Gasteiger partial charge >= 0.3 is 5.97 Å². The number of carbonyl (C=O) groups is 1. The van der Waals surface area contributed by atoms with Crippen molar-refractivity contribution >= 4 is 5.97 Å². The molecule has 0 amide bonds. The third-order valence-corrected chi connectivity index (χ3v) is 2.26. The number of hydrogen-bond acceptors (Lipinski definition) is 3. The molecule has 3 nitrogen and oxygen atoms in total. The Balaban J connectivity index is 2.38. The SMILES string of the molecule is C=CC(O)[C@H]1CC[C@H]1OC(C)=O. The van der Waals surface area contributed by atoms with Crippen molar-refractivity contribution in [3.8, 4) is 0 Å². The summed E-state index contributed by atoms with van der Waals surface area (Å²) < 4.78 is 4.98. The maximum atomic E-state index is 10.6. The van der Waals surface area contributed by atoms with Gasteiger partial charge in [-0.1, -0.05) is 6.08 Å². The molecule has 3 heteroatoms. The first-order valence-electron chi connectivity index (χ1n) is 4.13. The van der Waals surface area contributed by atoms with Crippen LogP contribution >= 0.6 is 0 Å². The zero-order valence-electron chi connectivity index (χ0n) is 7.19. The third-order valence-electron chi connectivity index (χ3n) is 2.26. The molecule has 1 fully saturated rings. The summed E-state index contributed by atoms with van der Waals surface area (Å²) in [7, 11) is 0. The highest BCUT2D eigenvalue weighted by Gasteiger charge is 2.37. The molecule has 0 radical (unpaired) electrons. The molecule has 1 saturated carbocycles. The number of aliphatic hydroxyl groups is 1. The van der Waals surface area contributed by atoms with E-state index in [9.17, 15) is 9.90 Å². The molecule has 68 valence electrons. The summed E-state index contributed by atoms with van der Waals surface area (Å²) in [4.78, 5) is 10.6. The average molecular weight is 170 g/mol. The molecule has 0 aromatic carbocycles. The summed E-state index contributed by atoms with van der Waals surface area (Å²) in [5.74, 6) is -0.215. The van der Waals surface area contributed by atoms with Crippen LogP contribution in [-0.2, 0) is 9.53 Å². The molecule has 0 saturated heterocycles. The van der Waals surface area contributed by atoms with Crippen LogP contribution in [0.1, 0.15) is 19.8 Å². The molecule has 3 atom stereocenters. The zero-order chi connectivity index (χ0) is 9.14. The fourth-order valence-electron chi connectivity index (χ4n) is 1.42. The van der Waals surface area contributed by atoms with Gasteiger partial charge in [0.15, 0.2) is 0 Å². The highest BCUT2D eigenvalue weighted by molar-refractivity contribution is 5.66. The summed E-state index contributed by atoms with van der Waals surface area (Å²) in [5.41, 5.74) is 0. The van der Waals surface area contributed by atoms with Gasteiger partial charge in [-0.2, -0.15) is 0 Å². The molecule has 12 heavy (non-hydrogen) atoms. The first-order chi connectivity index (χ1) is 5.65. The summed E-state index contributed by atoms with van der Waals surface area (Å²) in [6.07, 6.45) is 2.61. The number of ether oxygens (including phenoxy) is 1. The van der Waals surface area contributed by atoms with E-state index in [2.05, 4.69) is 6.58 Å². The molecule has 1 aliphatic rings. The van der Waals surface area contributed by atoms with Crippen LogP contribution in [0.4, 0.5) is 0 Å². The summed E-state index contributed by atoms with van der Waals surface area (Å²) in [6, 6.07) is 0. The van der Waals surface area contributed by atoms with Crippen molar-refractivity contribution in [3.05, 3.63) is 12.7 Å². The van der Waals surface area contributed by atoms with Crippen molar-refractivity contribution in [2.45, 2.75) is 32.0 Å². The van der Waals surface area contributed by atoms with Gasteiger partial charge in [-0.25, -0.2) is 0 Å². The zero-order valence-corrected chi connectivity index (χ0v) is 7.19. The van der Waals surface area contributed by atoms with Crippen molar-refractivity contribution in [3.63, 3.8) is 0 Å². The normalized spacial score (nSPS) is 30.2. The van der Waals surface area contributed by atoms with Crippen LogP contribution < -0.4 is 0 Å². The van der Waals surface area contributed by atoms with Gasteiger partial charge in [-0.05, 0) is 12.8 Å². The molecule has 1 N–H and O–H groups in total. The molecule has 1 aliphatic carbocycles. The monoisotopic (exact) mass is 170 g/mol. The lowest BCUT2D eigenvalue weighted by molar-refractivity contribution is -0.158. The molecule has 1 unspecified atom stereocenters. The van der Waals surface area contributed by atoms with Crippen LogP contribution in [0, 0.1) is 5.92 Å². The van der Waals surface area contributed by atoms with Gasteiger partial charge in [0.05, 0.1) is 6.10 Å². The van der Waals surface area contributed by atoms with Gasteiger partial charge in [0.25, 0.3) is 0 Å². The Labute approximate surface area is 72.0 Å². The average Bonchev–Trinajstić information content (AvgIpc) is 1.98. The van der Waals surface area contributed by atoms with Gasteiger partial charge in [-0.15, -0.1) is 6.58 Å². The molecule has 0 aromatic heterocycles. The topological polar surface area (TPSA) is 46.5 Å². The Kier molecular flexibility index (Phi) is 2.87.